The molecule has 2 N–H and O–H groups in total. The van der Waals surface area contributed by atoms with Crippen LogP contribution in [0, 0.1) is 0 Å². The summed E-state index contributed by atoms with van der Waals surface area (Å²) in [6.45, 7) is 7.55. The molecule has 1 fully saturated rings. The zero-order valence-corrected chi connectivity index (χ0v) is 18.1. The van der Waals surface area contributed by atoms with Crippen molar-refractivity contribution >= 4 is 5.96 Å². The number of ether oxygens (including phenoxy) is 2. The van der Waals surface area contributed by atoms with Crippen LogP contribution in [0.3, 0.4) is 0 Å². The van der Waals surface area contributed by atoms with Crippen LogP contribution in [0.4, 0.5) is 0 Å². The molecule has 7 nitrogen and oxygen atoms in total. The van der Waals surface area contributed by atoms with Gasteiger partial charge in [-0.25, -0.2) is 4.98 Å². The Morgan fingerprint density at radius 3 is 2.57 bits per heavy atom. The molecule has 30 heavy (non-hydrogen) atoms. The molecule has 0 atom stereocenters. The predicted molar refractivity (Wildman–Crippen MR) is 120 cm³/mol. The zero-order chi connectivity index (χ0) is 21.0. The SMILES string of the molecule is CCOc1ccccc1Oc1ccc(CNC(=NC)NCCN2CCCCC2)cn1. The number of hydrogen-bond donors (Lipinski definition) is 2. The number of hydrogen-bond acceptors (Lipinski definition) is 5. The first-order chi connectivity index (χ1) is 14.8. The highest BCUT2D eigenvalue weighted by Crippen LogP contribution is 2.30. The minimum absolute atomic E-state index is 0.537. The maximum Gasteiger partial charge on any atom is 0.219 e. The molecule has 1 aliphatic rings. The lowest BCUT2D eigenvalue weighted by Gasteiger charge is -2.26. The van der Waals surface area contributed by atoms with Gasteiger partial charge in [0.25, 0.3) is 0 Å². The van der Waals surface area contributed by atoms with Crippen molar-refractivity contribution in [2.45, 2.75) is 32.7 Å². The molecule has 3 rings (SSSR count). The molecule has 0 unspecified atom stereocenters. The molecule has 0 aliphatic carbocycles. The highest BCUT2D eigenvalue weighted by atomic mass is 16.5. The van der Waals surface area contributed by atoms with Gasteiger partial charge in [-0.15, -0.1) is 0 Å². The zero-order valence-electron chi connectivity index (χ0n) is 18.1. The second kappa shape index (κ2) is 12.0. The minimum atomic E-state index is 0.537. The van der Waals surface area contributed by atoms with E-state index in [2.05, 4.69) is 25.5 Å². The Hall–Kier alpha value is -2.80. The van der Waals surface area contributed by atoms with Gasteiger partial charge in [0.1, 0.15) is 0 Å². The number of guanidine groups is 1. The van der Waals surface area contributed by atoms with Crippen LogP contribution in [0.25, 0.3) is 0 Å². The number of benzene rings is 1. The smallest absolute Gasteiger partial charge is 0.219 e. The van der Waals surface area contributed by atoms with Crippen molar-refractivity contribution < 1.29 is 9.47 Å². The first kappa shape index (κ1) is 21.9. The summed E-state index contributed by atoms with van der Waals surface area (Å²) in [5.74, 6) is 2.72. The van der Waals surface area contributed by atoms with E-state index in [1.54, 1.807) is 7.05 Å². The van der Waals surface area contributed by atoms with Gasteiger partial charge in [-0.2, -0.15) is 0 Å². The van der Waals surface area contributed by atoms with Crippen LogP contribution in [0.5, 0.6) is 17.4 Å². The number of pyridine rings is 1. The summed E-state index contributed by atoms with van der Waals surface area (Å²) < 4.78 is 11.5. The van der Waals surface area contributed by atoms with Gasteiger partial charge in [0.15, 0.2) is 17.5 Å². The van der Waals surface area contributed by atoms with E-state index < -0.39 is 0 Å². The lowest BCUT2D eigenvalue weighted by Crippen LogP contribution is -2.42. The van der Waals surface area contributed by atoms with E-state index in [0.29, 0.717) is 30.5 Å². The molecule has 0 spiro atoms. The third kappa shape index (κ3) is 6.91. The fourth-order valence-electron chi connectivity index (χ4n) is 3.42. The Kier molecular flexibility index (Phi) is 8.78. The Morgan fingerprint density at radius 2 is 1.87 bits per heavy atom. The highest BCUT2D eigenvalue weighted by molar-refractivity contribution is 5.79. The fourth-order valence-corrected chi connectivity index (χ4v) is 3.42. The molecule has 2 aromatic rings. The lowest BCUT2D eigenvalue weighted by molar-refractivity contribution is 0.232. The average Bonchev–Trinajstić information content (AvgIpc) is 2.79. The molecule has 162 valence electrons. The fraction of sp³-hybridized carbons (Fsp3) is 0.478. The third-order valence-electron chi connectivity index (χ3n) is 5.01. The highest BCUT2D eigenvalue weighted by Gasteiger charge is 2.10. The lowest BCUT2D eigenvalue weighted by atomic mass is 10.1. The maximum atomic E-state index is 5.88. The van der Waals surface area contributed by atoms with E-state index in [1.165, 1.54) is 32.4 Å². The van der Waals surface area contributed by atoms with Crippen LogP contribution in [0.15, 0.2) is 47.6 Å². The van der Waals surface area contributed by atoms with Gasteiger partial charge in [0.05, 0.1) is 6.61 Å². The van der Waals surface area contributed by atoms with Gasteiger partial charge in [0, 0.05) is 38.9 Å². The van der Waals surface area contributed by atoms with E-state index in [1.807, 2.05) is 49.5 Å². The summed E-state index contributed by atoms with van der Waals surface area (Å²) >= 11 is 0. The number of likely N-dealkylation sites (tertiary alicyclic amines) is 1. The van der Waals surface area contributed by atoms with Crippen LogP contribution >= 0.6 is 0 Å². The van der Waals surface area contributed by atoms with Crippen molar-refractivity contribution in [2.24, 2.45) is 4.99 Å². The Labute approximate surface area is 179 Å². The molecule has 0 amide bonds. The van der Waals surface area contributed by atoms with E-state index >= 15 is 0 Å². The van der Waals surface area contributed by atoms with Gasteiger partial charge < -0.3 is 25.0 Å². The summed E-state index contributed by atoms with van der Waals surface area (Å²) in [7, 11) is 1.79. The van der Waals surface area contributed by atoms with Crippen molar-refractivity contribution in [1.29, 1.82) is 0 Å². The number of aliphatic imine (C=N–C) groups is 1. The average molecular weight is 412 g/mol. The summed E-state index contributed by atoms with van der Waals surface area (Å²) in [6, 6.07) is 11.5. The number of para-hydroxylation sites is 2. The summed E-state index contributed by atoms with van der Waals surface area (Å²) in [5.41, 5.74) is 1.06. The van der Waals surface area contributed by atoms with E-state index in [-0.39, 0.29) is 0 Å². The van der Waals surface area contributed by atoms with E-state index in [9.17, 15) is 0 Å². The van der Waals surface area contributed by atoms with Crippen LogP contribution in [0.2, 0.25) is 0 Å². The van der Waals surface area contributed by atoms with Gasteiger partial charge in [-0.3, -0.25) is 4.99 Å². The minimum Gasteiger partial charge on any atom is -0.490 e. The van der Waals surface area contributed by atoms with Crippen LogP contribution in [-0.4, -0.2) is 55.7 Å². The summed E-state index contributed by atoms with van der Waals surface area (Å²) in [6.07, 6.45) is 5.81. The molecule has 1 saturated heterocycles. The van der Waals surface area contributed by atoms with Gasteiger partial charge in [0.2, 0.25) is 5.88 Å². The second-order valence-electron chi connectivity index (χ2n) is 7.24. The summed E-state index contributed by atoms with van der Waals surface area (Å²) in [4.78, 5) is 11.2. The van der Waals surface area contributed by atoms with Crippen molar-refractivity contribution in [3.05, 3.63) is 48.2 Å². The van der Waals surface area contributed by atoms with E-state index in [0.717, 1.165) is 24.6 Å². The molecule has 1 aromatic carbocycles. The van der Waals surface area contributed by atoms with E-state index in [4.69, 9.17) is 9.47 Å². The Morgan fingerprint density at radius 1 is 1.07 bits per heavy atom. The normalized spacial score (nSPS) is 14.9. The first-order valence-corrected chi connectivity index (χ1v) is 10.8. The number of rotatable bonds is 9. The molecule has 1 aliphatic heterocycles. The van der Waals surface area contributed by atoms with Crippen LogP contribution in [-0.2, 0) is 6.54 Å². The first-order valence-electron chi connectivity index (χ1n) is 10.8. The molecule has 7 heteroatoms. The van der Waals surface area contributed by atoms with Gasteiger partial charge in [-0.1, -0.05) is 24.6 Å². The molecule has 0 bridgehead atoms. The number of nitrogens with zero attached hydrogens (tertiary/aromatic N) is 3. The molecular weight excluding hydrogens is 378 g/mol. The number of aromatic nitrogens is 1. The Balaban J connectivity index is 1.44. The largest absolute Gasteiger partial charge is 0.490 e. The molecular formula is C23H33N5O2. The second-order valence-corrected chi connectivity index (χ2v) is 7.24. The van der Waals surface area contributed by atoms with Crippen LogP contribution < -0.4 is 20.1 Å². The molecule has 1 aromatic heterocycles. The summed E-state index contributed by atoms with van der Waals surface area (Å²) in [5, 5.41) is 6.73. The Bertz CT molecular complexity index is 788. The van der Waals surface area contributed by atoms with Crippen molar-refractivity contribution in [1.82, 2.24) is 20.5 Å². The van der Waals surface area contributed by atoms with Crippen molar-refractivity contribution in [3.63, 3.8) is 0 Å². The van der Waals surface area contributed by atoms with Gasteiger partial charge in [-0.05, 0) is 50.6 Å². The van der Waals surface area contributed by atoms with Gasteiger partial charge >= 0.3 is 0 Å². The number of piperidine rings is 1. The van der Waals surface area contributed by atoms with Crippen LogP contribution in [0.1, 0.15) is 31.7 Å². The predicted octanol–water partition coefficient (Wildman–Crippen LogP) is 3.42. The van der Waals surface area contributed by atoms with Crippen molar-refractivity contribution in [3.8, 4) is 17.4 Å². The topological polar surface area (TPSA) is 71.0 Å². The van der Waals surface area contributed by atoms with Crippen molar-refractivity contribution in [2.75, 3.05) is 39.8 Å². The molecule has 2 heterocycles. The standard InChI is InChI=1S/C23H33N5O2/c1-3-29-20-9-5-6-10-21(20)30-22-12-11-19(17-26-22)18-27-23(24-2)25-13-16-28-14-7-4-8-15-28/h5-6,9-12,17H,3-4,7-8,13-16,18H2,1-2H3,(H2,24,25,27). The molecule has 0 radical (unpaired) electrons. The number of nitrogens with one attached hydrogen (secondary N) is 2. The quantitative estimate of drug-likeness (QED) is 0.487. The third-order valence-corrected chi connectivity index (χ3v) is 5.01. The monoisotopic (exact) mass is 411 g/mol. The maximum absolute atomic E-state index is 5.88. The molecule has 0 saturated carbocycles.